The first-order chi connectivity index (χ1) is 8.02. The van der Waals surface area contributed by atoms with Gasteiger partial charge in [-0.15, -0.1) is 0 Å². The molecule has 1 fully saturated rings. The molecule has 1 unspecified atom stereocenters. The highest BCUT2D eigenvalue weighted by Gasteiger charge is 2.33. The lowest BCUT2D eigenvalue weighted by molar-refractivity contribution is 0.223. The Bertz CT molecular complexity index is 384. The van der Waals surface area contributed by atoms with Gasteiger partial charge in [-0.1, -0.05) is 43.7 Å². The van der Waals surface area contributed by atoms with Gasteiger partial charge in [-0.2, -0.15) is 0 Å². The van der Waals surface area contributed by atoms with E-state index in [1.165, 1.54) is 24.1 Å². The van der Waals surface area contributed by atoms with Crippen molar-refractivity contribution in [1.82, 2.24) is 4.90 Å². The Hall–Kier alpha value is -0.860. The third kappa shape index (κ3) is 2.88. The highest BCUT2D eigenvalue weighted by atomic mass is 15.2. The lowest BCUT2D eigenvalue weighted by Gasteiger charge is -2.28. The lowest BCUT2D eigenvalue weighted by atomic mass is 9.93. The van der Waals surface area contributed by atoms with E-state index in [0.29, 0.717) is 18.0 Å². The van der Waals surface area contributed by atoms with Gasteiger partial charge in [0.25, 0.3) is 0 Å². The normalized spacial score (nSPS) is 21.6. The molecule has 0 spiro atoms. The maximum Gasteiger partial charge on any atom is 0.0470 e. The quantitative estimate of drug-likeness (QED) is 0.868. The topological polar surface area (TPSA) is 29.3 Å². The number of hydrogen-bond donors (Lipinski definition) is 1. The monoisotopic (exact) mass is 232 g/mol. The minimum atomic E-state index is 0.386. The van der Waals surface area contributed by atoms with Crippen LogP contribution in [0.2, 0.25) is 0 Å². The maximum absolute atomic E-state index is 5.98. The molecule has 0 aliphatic carbocycles. The second-order valence-electron chi connectivity index (χ2n) is 6.05. The lowest BCUT2D eigenvalue weighted by Crippen LogP contribution is -2.33. The molecule has 2 heteroatoms. The van der Waals surface area contributed by atoms with Crippen molar-refractivity contribution in [3.05, 3.63) is 35.4 Å². The summed E-state index contributed by atoms with van der Waals surface area (Å²) in [7, 11) is 0. The first kappa shape index (κ1) is 12.6. The van der Waals surface area contributed by atoms with Crippen LogP contribution in [0.5, 0.6) is 0 Å². The molecule has 0 saturated carbocycles. The largest absolute Gasteiger partial charge is 0.329 e. The van der Waals surface area contributed by atoms with E-state index in [1.54, 1.807) is 0 Å². The predicted molar refractivity (Wildman–Crippen MR) is 72.9 cm³/mol. The zero-order chi connectivity index (χ0) is 12.5. The van der Waals surface area contributed by atoms with Gasteiger partial charge in [-0.05, 0) is 30.9 Å². The summed E-state index contributed by atoms with van der Waals surface area (Å²) in [6.45, 7) is 9.86. The second kappa shape index (κ2) is 4.79. The van der Waals surface area contributed by atoms with Crippen LogP contribution in [0.25, 0.3) is 0 Å². The Kier molecular flexibility index (Phi) is 3.55. The van der Waals surface area contributed by atoms with E-state index >= 15 is 0 Å². The van der Waals surface area contributed by atoms with Gasteiger partial charge in [0.2, 0.25) is 0 Å². The molecule has 94 valence electrons. The molecule has 17 heavy (non-hydrogen) atoms. The minimum Gasteiger partial charge on any atom is -0.329 e. The summed E-state index contributed by atoms with van der Waals surface area (Å²) in [4.78, 5) is 2.54. The second-order valence-corrected chi connectivity index (χ2v) is 6.05. The summed E-state index contributed by atoms with van der Waals surface area (Å²) < 4.78 is 0. The van der Waals surface area contributed by atoms with Gasteiger partial charge in [0.05, 0.1) is 0 Å². The van der Waals surface area contributed by atoms with Gasteiger partial charge in [-0.25, -0.2) is 0 Å². The molecule has 0 aromatic heterocycles. The summed E-state index contributed by atoms with van der Waals surface area (Å²) in [6.07, 6.45) is 1.27. The molecule has 1 aliphatic rings. The molecule has 2 N–H and O–H groups in total. The van der Waals surface area contributed by atoms with E-state index in [9.17, 15) is 0 Å². The van der Waals surface area contributed by atoms with Crippen molar-refractivity contribution < 1.29 is 0 Å². The molecule has 1 atom stereocenters. The third-order valence-corrected chi connectivity index (χ3v) is 3.80. The first-order valence-corrected chi connectivity index (χ1v) is 6.52. The number of hydrogen-bond acceptors (Lipinski definition) is 2. The molecule has 2 rings (SSSR count). The first-order valence-electron chi connectivity index (χ1n) is 6.52. The summed E-state index contributed by atoms with van der Waals surface area (Å²) in [5.74, 6) is 0. The standard InChI is InChI=1S/C15H24N2/c1-12-5-4-6-13(9-12)14(10-16)17-8-7-15(2,3)11-17/h4-6,9,14H,7-8,10-11,16H2,1-3H3. The number of likely N-dealkylation sites (tertiary alicyclic amines) is 1. The van der Waals surface area contributed by atoms with Gasteiger partial charge < -0.3 is 5.73 Å². The van der Waals surface area contributed by atoms with Crippen LogP contribution in [-0.2, 0) is 0 Å². The van der Waals surface area contributed by atoms with Gasteiger partial charge in [-0.3, -0.25) is 4.90 Å². The van der Waals surface area contributed by atoms with Gasteiger partial charge in [0.15, 0.2) is 0 Å². The van der Waals surface area contributed by atoms with Crippen LogP contribution < -0.4 is 5.73 Å². The van der Waals surface area contributed by atoms with Crippen molar-refractivity contribution >= 4 is 0 Å². The Morgan fingerprint density at radius 1 is 1.41 bits per heavy atom. The molecule has 0 amide bonds. The van der Waals surface area contributed by atoms with Gasteiger partial charge in [0.1, 0.15) is 0 Å². The average Bonchev–Trinajstić information content (AvgIpc) is 2.60. The van der Waals surface area contributed by atoms with E-state index in [2.05, 4.69) is 49.9 Å². The van der Waals surface area contributed by atoms with Gasteiger partial charge >= 0.3 is 0 Å². The van der Waals surface area contributed by atoms with Crippen molar-refractivity contribution in [2.75, 3.05) is 19.6 Å². The molecule has 1 aromatic rings. The molecular formula is C15H24N2. The zero-order valence-electron chi connectivity index (χ0n) is 11.2. The van der Waals surface area contributed by atoms with Crippen molar-refractivity contribution in [3.63, 3.8) is 0 Å². The van der Waals surface area contributed by atoms with Crippen LogP contribution >= 0.6 is 0 Å². The fourth-order valence-corrected chi connectivity index (χ4v) is 2.79. The molecule has 1 saturated heterocycles. The predicted octanol–water partition coefficient (Wildman–Crippen LogP) is 2.73. The van der Waals surface area contributed by atoms with Crippen LogP contribution in [0.4, 0.5) is 0 Å². The van der Waals surface area contributed by atoms with Crippen molar-refractivity contribution in [2.24, 2.45) is 11.1 Å². The number of aryl methyl sites for hydroxylation is 1. The van der Waals surface area contributed by atoms with E-state index in [0.717, 1.165) is 6.54 Å². The molecule has 0 bridgehead atoms. The average molecular weight is 232 g/mol. The van der Waals surface area contributed by atoms with E-state index in [-0.39, 0.29) is 0 Å². The molecule has 1 aliphatic heterocycles. The Morgan fingerprint density at radius 3 is 2.71 bits per heavy atom. The minimum absolute atomic E-state index is 0.386. The third-order valence-electron chi connectivity index (χ3n) is 3.80. The van der Waals surface area contributed by atoms with Crippen molar-refractivity contribution in [3.8, 4) is 0 Å². The van der Waals surface area contributed by atoms with Crippen molar-refractivity contribution in [1.29, 1.82) is 0 Å². The highest BCUT2D eigenvalue weighted by Crippen LogP contribution is 2.34. The smallest absolute Gasteiger partial charge is 0.0470 e. The van der Waals surface area contributed by atoms with E-state index in [4.69, 9.17) is 5.73 Å². The van der Waals surface area contributed by atoms with E-state index < -0.39 is 0 Å². The number of nitrogens with zero attached hydrogens (tertiary/aromatic N) is 1. The van der Waals surface area contributed by atoms with Crippen LogP contribution in [0.3, 0.4) is 0 Å². The van der Waals surface area contributed by atoms with Crippen molar-refractivity contribution in [2.45, 2.75) is 33.2 Å². The summed E-state index contributed by atoms with van der Waals surface area (Å²) in [6, 6.07) is 9.13. The van der Waals surface area contributed by atoms with E-state index in [1.807, 2.05) is 0 Å². The summed E-state index contributed by atoms with van der Waals surface area (Å²) in [5.41, 5.74) is 9.11. The van der Waals surface area contributed by atoms with Crippen LogP contribution in [0.1, 0.15) is 37.4 Å². The number of nitrogens with two attached hydrogens (primary N) is 1. The summed E-state index contributed by atoms with van der Waals surface area (Å²) >= 11 is 0. The highest BCUT2D eigenvalue weighted by molar-refractivity contribution is 5.25. The summed E-state index contributed by atoms with van der Waals surface area (Å²) in [5, 5.41) is 0. The molecular weight excluding hydrogens is 208 g/mol. The van der Waals surface area contributed by atoms with Crippen LogP contribution in [-0.4, -0.2) is 24.5 Å². The molecule has 1 heterocycles. The number of rotatable bonds is 3. The molecule has 2 nitrogen and oxygen atoms in total. The van der Waals surface area contributed by atoms with Crippen LogP contribution in [0, 0.1) is 12.3 Å². The van der Waals surface area contributed by atoms with Gasteiger partial charge in [0, 0.05) is 19.1 Å². The fraction of sp³-hybridized carbons (Fsp3) is 0.600. The Balaban J connectivity index is 2.17. The Labute approximate surface area is 105 Å². The molecule has 1 aromatic carbocycles. The Morgan fingerprint density at radius 2 is 2.18 bits per heavy atom. The molecule has 0 radical (unpaired) electrons. The van der Waals surface area contributed by atoms with Crippen LogP contribution in [0.15, 0.2) is 24.3 Å². The SMILES string of the molecule is Cc1cccc(C(CN)N2CCC(C)(C)C2)c1. The number of benzene rings is 1. The zero-order valence-corrected chi connectivity index (χ0v) is 11.2. The maximum atomic E-state index is 5.98. The fourth-order valence-electron chi connectivity index (χ4n) is 2.79.